The largest absolute Gasteiger partial charge is 0.491 e. The highest BCUT2D eigenvalue weighted by Gasteiger charge is 2.19. The second kappa shape index (κ2) is 11.4. The fraction of sp³-hybridized carbons (Fsp3) is 0.0857. The minimum Gasteiger partial charge on any atom is -0.491 e. The van der Waals surface area contributed by atoms with Gasteiger partial charge in [-0.25, -0.2) is 0 Å². The van der Waals surface area contributed by atoms with Crippen LogP contribution in [0.3, 0.4) is 0 Å². The summed E-state index contributed by atoms with van der Waals surface area (Å²) in [5.41, 5.74) is 6.65. The molecule has 0 bridgehead atoms. The standard InChI is InChI=1S/C35H27NO4/c37-20-21-39-29-17-18-30-32(23-29)40-35(27-15-13-25(14-16-27)24-8-3-1-4-9-24)31(34(30)38)22-28-12-7-19-36-33(28)26-10-5-2-6-11-26/h1-19,23,37H,20-22H2. The second-order valence-corrected chi connectivity index (χ2v) is 9.47. The molecule has 0 aliphatic rings. The van der Waals surface area contributed by atoms with Crippen LogP contribution in [0, 0.1) is 0 Å². The zero-order chi connectivity index (χ0) is 27.3. The molecule has 196 valence electrons. The van der Waals surface area contributed by atoms with Gasteiger partial charge in [0.1, 0.15) is 23.7 Å². The number of aliphatic hydroxyl groups excluding tert-OH is 1. The summed E-state index contributed by atoms with van der Waals surface area (Å²) < 4.78 is 12.1. The highest BCUT2D eigenvalue weighted by molar-refractivity contribution is 5.82. The molecule has 0 amide bonds. The maximum absolute atomic E-state index is 14.0. The van der Waals surface area contributed by atoms with Crippen LogP contribution in [0.4, 0.5) is 0 Å². The first-order valence-electron chi connectivity index (χ1n) is 13.2. The monoisotopic (exact) mass is 525 g/mol. The maximum atomic E-state index is 14.0. The molecule has 4 aromatic carbocycles. The Labute approximate surface area is 232 Å². The van der Waals surface area contributed by atoms with Gasteiger partial charge in [-0.15, -0.1) is 0 Å². The number of ether oxygens (including phenoxy) is 1. The van der Waals surface area contributed by atoms with Gasteiger partial charge in [-0.05, 0) is 34.9 Å². The maximum Gasteiger partial charge on any atom is 0.196 e. The lowest BCUT2D eigenvalue weighted by atomic mass is 9.95. The Morgan fingerprint density at radius 3 is 2.12 bits per heavy atom. The third-order valence-corrected chi connectivity index (χ3v) is 6.88. The Morgan fingerprint density at radius 2 is 1.40 bits per heavy atom. The van der Waals surface area contributed by atoms with E-state index in [0.717, 1.165) is 33.5 Å². The van der Waals surface area contributed by atoms with Gasteiger partial charge in [0, 0.05) is 35.4 Å². The number of benzene rings is 4. The van der Waals surface area contributed by atoms with Crippen LogP contribution < -0.4 is 10.2 Å². The lowest BCUT2D eigenvalue weighted by Crippen LogP contribution is -2.13. The van der Waals surface area contributed by atoms with Gasteiger partial charge in [0.25, 0.3) is 0 Å². The van der Waals surface area contributed by atoms with Gasteiger partial charge in [0.15, 0.2) is 5.43 Å². The van der Waals surface area contributed by atoms with Crippen molar-refractivity contribution in [2.45, 2.75) is 6.42 Å². The van der Waals surface area contributed by atoms with Crippen molar-refractivity contribution in [1.29, 1.82) is 0 Å². The smallest absolute Gasteiger partial charge is 0.196 e. The van der Waals surface area contributed by atoms with Crippen molar-refractivity contribution in [1.82, 2.24) is 4.98 Å². The van der Waals surface area contributed by atoms with E-state index in [1.165, 1.54) is 0 Å². The average Bonchev–Trinajstić information content (AvgIpc) is 3.02. The van der Waals surface area contributed by atoms with E-state index < -0.39 is 0 Å². The van der Waals surface area contributed by atoms with Crippen molar-refractivity contribution in [3.8, 4) is 39.5 Å². The lowest BCUT2D eigenvalue weighted by Gasteiger charge is -2.14. The van der Waals surface area contributed by atoms with Crippen LogP contribution >= 0.6 is 0 Å². The number of hydrogen-bond donors (Lipinski definition) is 1. The van der Waals surface area contributed by atoms with E-state index in [2.05, 4.69) is 17.1 Å². The summed E-state index contributed by atoms with van der Waals surface area (Å²) in [5.74, 6) is 1.04. The fourth-order valence-corrected chi connectivity index (χ4v) is 4.93. The molecule has 1 N–H and O–H groups in total. The summed E-state index contributed by atoms with van der Waals surface area (Å²) in [5, 5.41) is 9.63. The van der Waals surface area contributed by atoms with Gasteiger partial charge < -0.3 is 14.3 Å². The Kier molecular flexibility index (Phi) is 7.20. The first kappa shape index (κ1) is 25.3. The summed E-state index contributed by atoms with van der Waals surface area (Å²) in [6, 6.07) is 37.2. The van der Waals surface area contributed by atoms with E-state index in [4.69, 9.17) is 14.3 Å². The number of hydrogen-bond acceptors (Lipinski definition) is 5. The Balaban J connectivity index is 1.50. The predicted molar refractivity (Wildman–Crippen MR) is 158 cm³/mol. The molecule has 6 rings (SSSR count). The van der Waals surface area contributed by atoms with Gasteiger partial charge in [0.2, 0.25) is 0 Å². The number of pyridine rings is 1. The van der Waals surface area contributed by atoms with Crippen molar-refractivity contribution in [2.24, 2.45) is 0 Å². The van der Waals surface area contributed by atoms with Gasteiger partial charge >= 0.3 is 0 Å². The molecule has 0 saturated carbocycles. The Morgan fingerprint density at radius 1 is 0.725 bits per heavy atom. The lowest BCUT2D eigenvalue weighted by molar-refractivity contribution is 0.201. The molecule has 0 aliphatic heterocycles. The van der Waals surface area contributed by atoms with Crippen LogP contribution in [0.25, 0.3) is 44.7 Å². The molecular weight excluding hydrogens is 498 g/mol. The SMILES string of the molecule is O=c1c(Cc2cccnc2-c2ccccc2)c(-c2ccc(-c3ccccc3)cc2)oc2cc(OCCO)ccc12. The molecule has 0 fully saturated rings. The summed E-state index contributed by atoms with van der Waals surface area (Å²) in [6.07, 6.45) is 2.13. The van der Waals surface area contributed by atoms with Gasteiger partial charge in [-0.1, -0.05) is 91.0 Å². The molecule has 40 heavy (non-hydrogen) atoms. The quantitative estimate of drug-likeness (QED) is 0.228. The fourth-order valence-electron chi connectivity index (χ4n) is 4.93. The third-order valence-electron chi connectivity index (χ3n) is 6.88. The Hall–Kier alpha value is -5.00. The molecule has 6 aromatic rings. The van der Waals surface area contributed by atoms with Gasteiger partial charge in [-0.3, -0.25) is 9.78 Å². The number of rotatable bonds is 8. The highest BCUT2D eigenvalue weighted by Crippen LogP contribution is 2.32. The summed E-state index contributed by atoms with van der Waals surface area (Å²) in [7, 11) is 0. The van der Waals surface area contributed by atoms with Gasteiger partial charge in [-0.2, -0.15) is 0 Å². The number of aromatic nitrogens is 1. The molecule has 0 radical (unpaired) electrons. The summed E-state index contributed by atoms with van der Waals surface area (Å²) >= 11 is 0. The first-order valence-corrected chi connectivity index (χ1v) is 13.2. The highest BCUT2D eigenvalue weighted by atomic mass is 16.5. The molecule has 2 heterocycles. The van der Waals surface area contributed by atoms with Crippen molar-refractivity contribution < 1.29 is 14.3 Å². The molecule has 0 spiro atoms. The average molecular weight is 526 g/mol. The van der Waals surface area contributed by atoms with Crippen LogP contribution in [0.5, 0.6) is 5.75 Å². The zero-order valence-corrected chi connectivity index (χ0v) is 21.8. The topological polar surface area (TPSA) is 72.6 Å². The molecule has 0 unspecified atom stereocenters. The van der Waals surface area contributed by atoms with Crippen molar-refractivity contribution in [2.75, 3.05) is 13.2 Å². The molecule has 0 aliphatic carbocycles. The van der Waals surface area contributed by atoms with Crippen LogP contribution in [-0.2, 0) is 6.42 Å². The zero-order valence-electron chi connectivity index (χ0n) is 21.8. The minimum absolute atomic E-state index is 0.0973. The number of nitrogens with zero attached hydrogens (tertiary/aromatic N) is 1. The minimum atomic E-state index is -0.102. The van der Waals surface area contributed by atoms with E-state index in [1.54, 1.807) is 24.4 Å². The normalized spacial score (nSPS) is 11.0. The molecule has 0 atom stereocenters. The van der Waals surface area contributed by atoms with E-state index in [-0.39, 0.29) is 18.6 Å². The van der Waals surface area contributed by atoms with Crippen LogP contribution in [0.15, 0.2) is 131 Å². The van der Waals surface area contributed by atoms with Crippen molar-refractivity contribution >= 4 is 11.0 Å². The summed E-state index contributed by atoms with van der Waals surface area (Å²) in [4.78, 5) is 18.7. The van der Waals surface area contributed by atoms with Crippen LogP contribution in [0.1, 0.15) is 11.1 Å². The van der Waals surface area contributed by atoms with Crippen molar-refractivity contribution in [3.05, 3.63) is 143 Å². The summed E-state index contributed by atoms with van der Waals surface area (Å²) in [6.45, 7) is 0.0553. The third kappa shape index (κ3) is 5.15. The molecule has 5 heteroatoms. The van der Waals surface area contributed by atoms with Gasteiger partial charge in [0.05, 0.1) is 17.7 Å². The number of fused-ring (bicyclic) bond motifs is 1. The van der Waals surface area contributed by atoms with Crippen LogP contribution in [0.2, 0.25) is 0 Å². The molecular formula is C35H27NO4. The van der Waals surface area contributed by atoms with Crippen LogP contribution in [-0.4, -0.2) is 23.3 Å². The first-order chi connectivity index (χ1) is 19.7. The molecule has 2 aromatic heterocycles. The van der Waals surface area contributed by atoms with E-state index in [0.29, 0.717) is 34.5 Å². The molecule has 5 nitrogen and oxygen atoms in total. The van der Waals surface area contributed by atoms with E-state index in [1.807, 2.05) is 84.9 Å². The predicted octanol–water partition coefficient (Wildman–Crippen LogP) is 7.15. The second-order valence-electron chi connectivity index (χ2n) is 9.47. The van der Waals surface area contributed by atoms with E-state index >= 15 is 0 Å². The Bertz CT molecular complexity index is 1810. The van der Waals surface area contributed by atoms with E-state index in [9.17, 15) is 4.79 Å². The molecule has 0 saturated heterocycles. The number of aliphatic hydroxyl groups is 1. The van der Waals surface area contributed by atoms with Crippen molar-refractivity contribution in [3.63, 3.8) is 0 Å².